The van der Waals surface area contributed by atoms with E-state index in [0.717, 1.165) is 14.5 Å². The Bertz CT molecular complexity index is 1350. The number of imide groups is 1. The average Bonchev–Trinajstić information content (AvgIpc) is 2.74. The van der Waals surface area contributed by atoms with Crippen LogP contribution in [0.3, 0.4) is 0 Å². The van der Waals surface area contributed by atoms with E-state index < -0.39 is 33.5 Å². The van der Waals surface area contributed by atoms with Crippen LogP contribution in [0.25, 0.3) is 10.8 Å². The van der Waals surface area contributed by atoms with Gasteiger partial charge in [0, 0.05) is 26.7 Å². The van der Waals surface area contributed by atoms with E-state index >= 15 is 0 Å². The topological polar surface area (TPSA) is 124 Å². The number of rotatable bonds is 6. The van der Waals surface area contributed by atoms with E-state index in [1.807, 2.05) is 22.6 Å². The van der Waals surface area contributed by atoms with Crippen molar-refractivity contribution in [3.63, 3.8) is 0 Å². The highest BCUT2D eigenvalue weighted by Gasteiger charge is 2.34. The molecule has 158 valence electrons. The lowest BCUT2D eigenvalue weighted by Crippen LogP contribution is -2.42. The Morgan fingerprint density at radius 2 is 1.68 bits per heavy atom. The number of nitrogens with zero attached hydrogens (tertiary/aromatic N) is 2. The van der Waals surface area contributed by atoms with Crippen LogP contribution >= 0.6 is 22.6 Å². The van der Waals surface area contributed by atoms with E-state index in [1.54, 1.807) is 24.3 Å². The Labute approximate surface area is 190 Å². The number of nitro groups is 1. The van der Waals surface area contributed by atoms with Gasteiger partial charge in [-0.25, -0.2) is 0 Å². The zero-order valence-corrected chi connectivity index (χ0v) is 18.6. The molecule has 0 unspecified atom stereocenters. The van der Waals surface area contributed by atoms with E-state index in [-0.39, 0.29) is 28.3 Å². The minimum absolute atomic E-state index is 0.0138. The fourth-order valence-corrected chi connectivity index (χ4v) is 4.62. The minimum Gasteiger partial charge on any atom is -0.272 e. The summed E-state index contributed by atoms with van der Waals surface area (Å²) in [5.41, 5.74) is -0.0535. The number of carbonyl (C=O) groups is 2. The average molecular weight is 552 g/mol. The van der Waals surface area contributed by atoms with Gasteiger partial charge in [-0.15, -0.1) is 0 Å². The molecule has 3 aromatic carbocycles. The summed E-state index contributed by atoms with van der Waals surface area (Å²) in [7, 11) is -4.07. The fraction of sp³-hybridized carbons (Fsp3) is 0.100. The second-order valence-corrected chi connectivity index (χ2v) is 9.51. The molecule has 1 aliphatic heterocycles. The van der Waals surface area contributed by atoms with Crippen LogP contribution in [0.1, 0.15) is 20.7 Å². The van der Waals surface area contributed by atoms with E-state index in [0.29, 0.717) is 10.8 Å². The summed E-state index contributed by atoms with van der Waals surface area (Å²) in [6.07, 6.45) is 0. The molecule has 31 heavy (non-hydrogen) atoms. The lowest BCUT2D eigenvalue weighted by molar-refractivity contribution is -0.384. The number of halogens is 1. The first kappa shape index (κ1) is 21.3. The fourth-order valence-electron chi connectivity index (χ4n) is 3.36. The summed E-state index contributed by atoms with van der Waals surface area (Å²) in [6, 6.07) is 13.1. The number of benzene rings is 3. The zero-order valence-electron chi connectivity index (χ0n) is 15.6. The molecule has 0 fully saturated rings. The molecule has 1 aliphatic rings. The van der Waals surface area contributed by atoms with Gasteiger partial charge in [-0.1, -0.05) is 12.1 Å². The SMILES string of the molecule is O=C1c2cccc3cc([N+](=O)[O-])cc(c23)C(=O)N1CCOS(=O)(=O)c1ccc(I)cc1. The summed E-state index contributed by atoms with van der Waals surface area (Å²) in [5, 5.41) is 12.0. The normalized spacial score (nSPS) is 13.6. The summed E-state index contributed by atoms with van der Waals surface area (Å²) >= 11 is 2.04. The molecule has 3 aromatic rings. The van der Waals surface area contributed by atoms with Crippen molar-refractivity contribution in [2.75, 3.05) is 13.2 Å². The predicted molar refractivity (Wildman–Crippen MR) is 118 cm³/mol. The van der Waals surface area contributed by atoms with E-state index in [2.05, 4.69) is 0 Å². The van der Waals surface area contributed by atoms with Crippen LogP contribution in [0.5, 0.6) is 0 Å². The number of amides is 2. The van der Waals surface area contributed by atoms with E-state index in [9.17, 15) is 28.1 Å². The summed E-state index contributed by atoms with van der Waals surface area (Å²) in [5.74, 6) is -1.36. The largest absolute Gasteiger partial charge is 0.297 e. The quantitative estimate of drug-likeness (QED) is 0.151. The Hall–Kier alpha value is -2.90. The molecule has 0 aromatic heterocycles. The van der Waals surface area contributed by atoms with Crippen molar-refractivity contribution in [3.8, 4) is 0 Å². The van der Waals surface area contributed by atoms with Crippen LogP contribution in [-0.2, 0) is 14.3 Å². The monoisotopic (exact) mass is 552 g/mol. The smallest absolute Gasteiger partial charge is 0.272 e. The first-order valence-corrected chi connectivity index (χ1v) is 11.4. The van der Waals surface area contributed by atoms with Crippen molar-refractivity contribution >= 4 is 61.0 Å². The Morgan fingerprint density at radius 3 is 2.35 bits per heavy atom. The second kappa shape index (κ2) is 7.98. The van der Waals surface area contributed by atoms with Crippen molar-refractivity contribution in [2.24, 2.45) is 0 Å². The Balaban J connectivity index is 1.60. The van der Waals surface area contributed by atoms with Crippen LogP contribution in [0.4, 0.5) is 5.69 Å². The third-order valence-electron chi connectivity index (χ3n) is 4.78. The maximum Gasteiger partial charge on any atom is 0.297 e. The Morgan fingerprint density at radius 1 is 1.00 bits per heavy atom. The molecule has 0 N–H and O–H groups in total. The summed E-state index contributed by atoms with van der Waals surface area (Å²) < 4.78 is 30.5. The van der Waals surface area contributed by atoms with E-state index in [1.165, 1.54) is 24.3 Å². The molecule has 0 spiro atoms. The van der Waals surface area contributed by atoms with Gasteiger partial charge in [0.25, 0.3) is 27.6 Å². The molecule has 1 heterocycles. The van der Waals surface area contributed by atoms with E-state index in [4.69, 9.17) is 4.18 Å². The number of non-ortho nitro benzene ring substituents is 1. The van der Waals surface area contributed by atoms with Gasteiger partial charge in [-0.05, 0) is 58.3 Å². The van der Waals surface area contributed by atoms with Crippen molar-refractivity contribution < 1.29 is 27.1 Å². The number of carbonyl (C=O) groups excluding carboxylic acids is 2. The molecule has 0 saturated heterocycles. The standard InChI is InChI=1S/C20H13IN2O7S/c21-13-4-6-15(7-5-13)31(28,29)30-9-8-22-19(24)16-3-1-2-12-10-14(23(26)27)11-17(18(12)16)20(22)25/h1-7,10-11H,8-9H2. The van der Waals surface area contributed by atoms with Gasteiger partial charge in [0.05, 0.1) is 28.5 Å². The van der Waals surface area contributed by atoms with Crippen molar-refractivity contribution in [1.29, 1.82) is 0 Å². The second-order valence-electron chi connectivity index (χ2n) is 6.65. The van der Waals surface area contributed by atoms with Crippen LogP contribution in [0.15, 0.2) is 59.5 Å². The van der Waals surface area contributed by atoms with Crippen molar-refractivity contribution in [3.05, 3.63) is 79.4 Å². The molecular weight excluding hydrogens is 539 g/mol. The van der Waals surface area contributed by atoms with Gasteiger partial charge in [0.15, 0.2) is 0 Å². The lowest BCUT2D eigenvalue weighted by atomic mass is 9.93. The zero-order chi connectivity index (χ0) is 22.3. The van der Waals surface area contributed by atoms with Crippen LogP contribution in [-0.4, -0.2) is 43.2 Å². The molecule has 2 amide bonds. The van der Waals surface area contributed by atoms with Gasteiger partial charge in [-0.3, -0.25) is 28.8 Å². The minimum atomic E-state index is -4.07. The highest BCUT2D eigenvalue weighted by molar-refractivity contribution is 14.1. The maximum absolute atomic E-state index is 12.9. The Kier molecular flexibility index (Phi) is 5.49. The molecule has 9 nitrogen and oxygen atoms in total. The van der Waals surface area contributed by atoms with Gasteiger partial charge >= 0.3 is 0 Å². The molecule has 11 heteroatoms. The number of nitro benzene ring substituents is 1. The van der Waals surface area contributed by atoms with Crippen molar-refractivity contribution in [1.82, 2.24) is 4.90 Å². The van der Waals surface area contributed by atoms with Crippen LogP contribution < -0.4 is 0 Å². The van der Waals surface area contributed by atoms with Gasteiger partial charge in [0.1, 0.15) is 0 Å². The van der Waals surface area contributed by atoms with Gasteiger partial charge in [-0.2, -0.15) is 8.42 Å². The predicted octanol–water partition coefficient (Wildman–Crippen LogP) is 3.35. The maximum atomic E-state index is 12.9. The molecule has 0 bridgehead atoms. The highest BCUT2D eigenvalue weighted by Crippen LogP contribution is 2.33. The third-order valence-corrected chi connectivity index (χ3v) is 6.82. The molecular formula is C20H13IN2O7S. The third kappa shape index (κ3) is 3.91. The first-order valence-electron chi connectivity index (χ1n) is 8.91. The summed E-state index contributed by atoms with van der Waals surface area (Å²) in [6.45, 7) is -0.786. The molecule has 4 rings (SSSR count). The summed E-state index contributed by atoms with van der Waals surface area (Å²) in [4.78, 5) is 37.2. The van der Waals surface area contributed by atoms with Gasteiger partial charge in [0.2, 0.25) is 0 Å². The lowest BCUT2D eigenvalue weighted by Gasteiger charge is -2.26. The van der Waals surface area contributed by atoms with Crippen LogP contribution in [0.2, 0.25) is 0 Å². The molecule has 0 atom stereocenters. The molecule has 0 aliphatic carbocycles. The van der Waals surface area contributed by atoms with Crippen LogP contribution in [0, 0.1) is 13.7 Å². The first-order chi connectivity index (χ1) is 14.7. The van der Waals surface area contributed by atoms with Gasteiger partial charge < -0.3 is 0 Å². The number of hydrogen-bond acceptors (Lipinski definition) is 7. The molecule has 0 saturated carbocycles. The number of hydrogen-bond donors (Lipinski definition) is 0. The van der Waals surface area contributed by atoms with Crippen molar-refractivity contribution in [2.45, 2.75) is 4.90 Å². The highest BCUT2D eigenvalue weighted by atomic mass is 127. The molecule has 0 radical (unpaired) electrons.